The van der Waals surface area contributed by atoms with Gasteiger partial charge in [-0.15, -0.1) is 0 Å². The molecule has 0 heterocycles. The summed E-state index contributed by atoms with van der Waals surface area (Å²) in [5.74, 6) is -2.63. The van der Waals surface area contributed by atoms with Crippen LogP contribution >= 0.6 is 11.6 Å². The minimum atomic E-state index is -1.17. The molecule has 0 bridgehead atoms. The molecule has 0 atom stereocenters. The Labute approximate surface area is 119 Å². The highest BCUT2D eigenvalue weighted by Gasteiger charge is 2.21. The summed E-state index contributed by atoms with van der Waals surface area (Å²) in [6.07, 6.45) is 0. The van der Waals surface area contributed by atoms with Crippen LogP contribution in [0, 0.1) is 18.6 Å². The quantitative estimate of drug-likeness (QED) is 0.795. The number of rotatable bonds is 3. The third-order valence-electron chi connectivity index (χ3n) is 2.93. The smallest absolute Gasteiger partial charge is 0.199 e. The molecule has 2 rings (SSSR count). The molecule has 0 amide bonds. The third-order valence-corrected chi connectivity index (χ3v) is 3.16. The maximum Gasteiger partial charge on any atom is 0.199 e. The summed E-state index contributed by atoms with van der Waals surface area (Å²) >= 11 is 5.83. The van der Waals surface area contributed by atoms with Crippen LogP contribution in [0.2, 0.25) is 5.02 Å². The lowest BCUT2D eigenvalue weighted by atomic mass is 10.0. The number of hydrogen-bond donors (Lipinski definition) is 0. The molecule has 0 aliphatic rings. The predicted octanol–water partition coefficient (Wildman–Crippen LogP) is 4.17. The summed E-state index contributed by atoms with van der Waals surface area (Å²) in [6.45, 7) is 1.42. The van der Waals surface area contributed by atoms with Crippen molar-refractivity contribution in [1.82, 2.24) is 0 Å². The molecule has 0 spiro atoms. The van der Waals surface area contributed by atoms with Gasteiger partial charge in [0.1, 0.15) is 5.75 Å². The van der Waals surface area contributed by atoms with Crippen LogP contribution in [0.15, 0.2) is 30.3 Å². The van der Waals surface area contributed by atoms with Crippen molar-refractivity contribution < 1.29 is 18.3 Å². The van der Waals surface area contributed by atoms with Gasteiger partial charge in [0, 0.05) is 5.02 Å². The molecule has 0 aliphatic carbocycles. The lowest BCUT2D eigenvalue weighted by Gasteiger charge is -2.09. The number of carbonyl (C=O) groups is 1. The van der Waals surface area contributed by atoms with Crippen LogP contribution in [0.25, 0.3) is 0 Å². The largest absolute Gasteiger partial charge is 0.496 e. The minimum absolute atomic E-state index is 0.0853. The topological polar surface area (TPSA) is 26.3 Å². The number of ether oxygens (including phenoxy) is 1. The van der Waals surface area contributed by atoms with Gasteiger partial charge in [-0.05, 0) is 36.8 Å². The molecular formula is C15H11ClF2O2. The zero-order valence-electron chi connectivity index (χ0n) is 10.8. The van der Waals surface area contributed by atoms with Crippen LogP contribution in [0.4, 0.5) is 8.78 Å². The molecule has 2 aromatic carbocycles. The van der Waals surface area contributed by atoms with Crippen molar-refractivity contribution in [3.63, 3.8) is 0 Å². The summed E-state index contributed by atoms with van der Waals surface area (Å²) in [4.78, 5) is 12.3. The number of halogens is 3. The van der Waals surface area contributed by atoms with Crippen LogP contribution in [0.5, 0.6) is 5.75 Å². The first-order valence-corrected chi connectivity index (χ1v) is 6.16. The van der Waals surface area contributed by atoms with Gasteiger partial charge in [0.15, 0.2) is 17.4 Å². The molecule has 104 valence electrons. The normalized spacial score (nSPS) is 10.4. The Balaban J connectivity index is 2.57. The molecule has 0 aliphatic heterocycles. The Morgan fingerprint density at radius 2 is 1.80 bits per heavy atom. The Kier molecular flexibility index (Phi) is 4.04. The van der Waals surface area contributed by atoms with Crippen molar-refractivity contribution in [3.8, 4) is 5.75 Å². The number of aryl methyl sites for hydroxylation is 1. The Bertz CT molecular complexity index is 684. The molecule has 0 fully saturated rings. The second-order valence-electron chi connectivity index (χ2n) is 4.23. The highest BCUT2D eigenvalue weighted by molar-refractivity contribution is 6.31. The van der Waals surface area contributed by atoms with Crippen molar-refractivity contribution in [2.45, 2.75) is 6.92 Å². The second-order valence-corrected chi connectivity index (χ2v) is 4.67. The van der Waals surface area contributed by atoms with E-state index in [1.165, 1.54) is 38.3 Å². The van der Waals surface area contributed by atoms with Gasteiger partial charge in [0.25, 0.3) is 0 Å². The molecule has 0 N–H and O–H groups in total. The van der Waals surface area contributed by atoms with E-state index in [-0.39, 0.29) is 22.4 Å². The lowest BCUT2D eigenvalue weighted by Crippen LogP contribution is -2.08. The summed E-state index contributed by atoms with van der Waals surface area (Å²) in [5, 5.41) is 0.308. The maximum atomic E-state index is 13.9. The number of ketones is 1. The van der Waals surface area contributed by atoms with Gasteiger partial charge in [-0.2, -0.15) is 0 Å². The lowest BCUT2D eigenvalue weighted by molar-refractivity contribution is 0.103. The first-order chi connectivity index (χ1) is 9.45. The van der Waals surface area contributed by atoms with Crippen molar-refractivity contribution in [3.05, 3.63) is 63.7 Å². The monoisotopic (exact) mass is 296 g/mol. The standard InChI is InChI=1S/C15H11ClF2O2/c1-8-3-5-10(14(18)13(8)17)15(19)11-7-9(16)4-6-12(11)20-2/h3-7H,1-2H3. The first kappa shape index (κ1) is 14.5. The average Bonchev–Trinajstić information content (AvgIpc) is 2.44. The number of carbonyl (C=O) groups excluding carboxylic acids is 1. The van der Waals surface area contributed by atoms with E-state index in [4.69, 9.17) is 16.3 Å². The van der Waals surface area contributed by atoms with Gasteiger partial charge >= 0.3 is 0 Å². The van der Waals surface area contributed by atoms with Gasteiger partial charge in [-0.3, -0.25) is 4.79 Å². The maximum absolute atomic E-state index is 13.9. The fraction of sp³-hybridized carbons (Fsp3) is 0.133. The molecule has 0 aromatic heterocycles. The molecule has 2 aromatic rings. The third kappa shape index (κ3) is 2.51. The van der Waals surface area contributed by atoms with E-state index in [0.717, 1.165) is 0 Å². The fourth-order valence-corrected chi connectivity index (χ4v) is 2.00. The van der Waals surface area contributed by atoms with E-state index in [9.17, 15) is 13.6 Å². The van der Waals surface area contributed by atoms with Gasteiger partial charge in [0.05, 0.1) is 18.2 Å². The van der Waals surface area contributed by atoms with Gasteiger partial charge in [-0.25, -0.2) is 8.78 Å². The zero-order valence-corrected chi connectivity index (χ0v) is 11.6. The number of benzene rings is 2. The van der Waals surface area contributed by atoms with Crippen molar-refractivity contribution in [1.29, 1.82) is 0 Å². The summed E-state index contributed by atoms with van der Waals surface area (Å²) in [7, 11) is 1.38. The highest BCUT2D eigenvalue weighted by Crippen LogP contribution is 2.27. The molecule has 20 heavy (non-hydrogen) atoms. The highest BCUT2D eigenvalue weighted by atomic mass is 35.5. The van der Waals surface area contributed by atoms with Crippen LogP contribution < -0.4 is 4.74 Å². The van der Waals surface area contributed by atoms with E-state index in [1.54, 1.807) is 6.07 Å². The van der Waals surface area contributed by atoms with Crippen molar-refractivity contribution >= 4 is 17.4 Å². The predicted molar refractivity (Wildman–Crippen MR) is 72.5 cm³/mol. The van der Waals surface area contributed by atoms with E-state index >= 15 is 0 Å². The van der Waals surface area contributed by atoms with Gasteiger partial charge < -0.3 is 4.74 Å². The molecule has 0 unspecified atom stereocenters. The van der Waals surface area contributed by atoms with Crippen LogP contribution in [0.1, 0.15) is 21.5 Å². The second kappa shape index (κ2) is 5.59. The molecule has 5 heteroatoms. The molecular weight excluding hydrogens is 286 g/mol. The zero-order chi connectivity index (χ0) is 14.9. The molecule has 0 saturated carbocycles. The first-order valence-electron chi connectivity index (χ1n) is 5.78. The summed E-state index contributed by atoms with van der Waals surface area (Å²) in [5.41, 5.74) is -0.132. The van der Waals surface area contributed by atoms with Crippen molar-refractivity contribution in [2.24, 2.45) is 0 Å². The Hall–Kier alpha value is -1.94. The molecule has 0 saturated heterocycles. The van der Waals surface area contributed by atoms with Gasteiger partial charge in [-0.1, -0.05) is 17.7 Å². The number of hydrogen-bond acceptors (Lipinski definition) is 2. The summed E-state index contributed by atoms with van der Waals surface area (Å²) < 4.78 is 32.5. The van der Waals surface area contributed by atoms with Gasteiger partial charge in [0.2, 0.25) is 0 Å². The van der Waals surface area contributed by atoms with E-state index in [1.807, 2.05) is 0 Å². The van der Waals surface area contributed by atoms with Crippen LogP contribution in [-0.2, 0) is 0 Å². The number of methoxy groups -OCH3 is 1. The van der Waals surface area contributed by atoms with E-state index in [0.29, 0.717) is 5.02 Å². The van der Waals surface area contributed by atoms with E-state index < -0.39 is 17.4 Å². The molecule has 2 nitrogen and oxygen atoms in total. The van der Waals surface area contributed by atoms with Crippen molar-refractivity contribution in [2.75, 3.05) is 7.11 Å². The average molecular weight is 297 g/mol. The molecule has 0 radical (unpaired) electrons. The fourth-order valence-electron chi connectivity index (χ4n) is 1.82. The minimum Gasteiger partial charge on any atom is -0.496 e. The Morgan fingerprint density at radius 1 is 1.10 bits per heavy atom. The van der Waals surface area contributed by atoms with E-state index in [2.05, 4.69) is 0 Å². The Morgan fingerprint density at radius 3 is 2.45 bits per heavy atom. The SMILES string of the molecule is COc1ccc(Cl)cc1C(=O)c1ccc(C)c(F)c1F. The van der Waals surface area contributed by atoms with Crippen LogP contribution in [0.3, 0.4) is 0 Å². The summed E-state index contributed by atoms with van der Waals surface area (Å²) in [6, 6.07) is 7.00. The van der Waals surface area contributed by atoms with Crippen LogP contribution in [-0.4, -0.2) is 12.9 Å².